The number of hydrogen-bond acceptors (Lipinski definition) is 4. The molecule has 4 rings (SSSR count). The van der Waals surface area contributed by atoms with Crippen LogP contribution in [0.1, 0.15) is 11.3 Å². The molecule has 4 heterocycles. The van der Waals surface area contributed by atoms with Crippen molar-refractivity contribution < 1.29 is 5.11 Å². The van der Waals surface area contributed by atoms with Gasteiger partial charge in [-0.3, -0.25) is 9.88 Å². The fraction of sp³-hybridized carbons (Fsp3) is 0.333. The van der Waals surface area contributed by atoms with Gasteiger partial charge in [-0.05, 0) is 42.3 Å². The van der Waals surface area contributed by atoms with E-state index in [2.05, 4.69) is 33.2 Å². The average molecular weight is 308 g/mol. The van der Waals surface area contributed by atoms with E-state index in [9.17, 15) is 5.11 Å². The van der Waals surface area contributed by atoms with Crippen LogP contribution in [0.3, 0.4) is 0 Å². The van der Waals surface area contributed by atoms with Crippen molar-refractivity contribution in [3.8, 4) is 0 Å². The van der Waals surface area contributed by atoms with Crippen LogP contribution in [0.4, 0.5) is 0 Å². The number of rotatable bonds is 4. The molecule has 0 bridgehead atoms. The first kappa shape index (κ1) is 14.4. The molecule has 3 aromatic rings. The van der Waals surface area contributed by atoms with Crippen LogP contribution >= 0.6 is 0 Å². The molecule has 1 aliphatic rings. The lowest BCUT2D eigenvalue weighted by Gasteiger charge is -2.16. The monoisotopic (exact) mass is 308 g/mol. The Morgan fingerprint density at radius 1 is 1.04 bits per heavy atom. The number of fused-ring (bicyclic) bond motifs is 1. The maximum absolute atomic E-state index is 10.4. The summed E-state index contributed by atoms with van der Waals surface area (Å²) in [5.41, 5.74) is 3.50. The minimum absolute atomic E-state index is 0.272. The van der Waals surface area contributed by atoms with Gasteiger partial charge in [0.05, 0.1) is 17.3 Å². The van der Waals surface area contributed by atoms with Crippen molar-refractivity contribution in [3.63, 3.8) is 0 Å². The van der Waals surface area contributed by atoms with Gasteiger partial charge in [-0.1, -0.05) is 6.07 Å². The summed E-state index contributed by atoms with van der Waals surface area (Å²) in [6, 6.07) is 12.3. The fourth-order valence-corrected chi connectivity index (χ4v) is 3.45. The maximum Gasteiger partial charge on any atom is 0.0710 e. The van der Waals surface area contributed by atoms with Crippen LogP contribution in [0, 0.1) is 5.92 Å². The molecular formula is C18H20N4O. The minimum atomic E-state index is -0.278. The number of aromatic nitrogens is 3. The second-order valence-electron chi connectivity index (χ2n) is 6.27. The van der Waals surface area contributed by atoms with Gasteiger partial charge in [0.2, 0.25) is 0 Å². The molecule has 118 valence electrons. The highest BCUT2D eigenvalue weighted by molar-refractivity contribution is 5.46. The van der Waals surface area contributed by atoms with Crippen molar-refractivity contribution >= 4 is 5.52 Å². The first-order valence-electron chi connectivity index (χ1n) is 8.00. The molecule has 0 saturated carbocycles. The van der Waals surface area contributed by atoms with Gasteiger partial charge in [-0.2, -0.15) is 5.10 Å². The first-order chi connectivity index (χ1) is 11.3. The predicted octanol–water partition coefficient (Wildman–Crippen LogP) is 1.76. The Labute approximate surface area is 135 Å². The maximum atomic E-state index is 10.4. The number of aliphatic hydroxyl groups is 1. The van der Waals surface area contributed by atoms with Crippen LogP contribution in [0.5, 0.6) is 0 Å². The Balaban J connectivity index is 1.46. The topological polar surface area (TPSA) is 53.7 Å². The van der Waals surface area contributed by atoms with Gasteiger partial charge in [0.1, 0.15) is 0 Å². The molecule has 3 aromatic heterocycles. The van der Waals surface area contributed by atoms with E-state index in [0.717, 1.165) is 30.7 Å². The molecule has 1 N–H and O–H groups in total. The van der Waals surface area contributed by atoms with Gasteiger partial charge < -0.3 is 5.11 Å². The van der Waals surface area contributed by atoms with Gasteiger partial charge in [-0.25, -0.2) is 4.52 Å². The second kappa shape index (κ2) is 6.10. The van der Waals surface area contributed by atoms with Crippen LogP contribution in [0.2, 0.25) is 0 Å². The molecule has 1 saturated heterocycles. The molecule has 2 atom stereocenters. The SMILES string of the molecule is O[C@@H]1CN(Cc2cccc3ccnn23)C[C@H]1Cc1ccncc1. The van der Waals surface area contributed by atoms with E-state index in [1.54, 1.807) is 0 Å². The van der Waals surface area contributed by atoms with E-state index in [-0.39, 0.29) is 12.0 Å². The highest BCUT2D eigenvalue weighted by Gasteiger charge is 2.31. The largest absolute Gasteiger partial charge is 0.391 e. The molecular weight excluding hydrogens is 288 g/mol. The summed E-state index contributed by atoms with van der Waals surface area (Å²) >= 11 is 0. The molecule has 0 amide bonds. The van der Waals surface area contributed by atoms with Gasteiger partial charge in [-0.15, -0.1) is 0 Å². The Morgan fingerprint density at radius 3 is 2.78 bits per heavy atom. The van der Waals surface area contributed by atoms with Crippen molar-refractivity contribution in [1.29, 1.82) is 0 Å². The zero-order valence-electron chi connectivity index (χ0n) is 12.9. The zero-order valence-corrected chi connectivity index (χ0v) is 12.9. The van der Waals surface area contributed by atoms with Crippen molar-refractivity contribution in [1.82, 2.24) is 19.5 Å². The highest BCUT2D eigenvalue weighted by Crippen LogP contribution is 2.23. The van der Waals surface area contributed by atoms with Crippen LogP contribution in [-0.2, 0) is 13.0 Å². The molecule has 0 aromatic carbocycles. The summed E-state index contributed by atoms with van der Waals surface area (Å²) in [5.74, 6) is 0.272. The highest BCUT2D eigenvalue weighted by atomic mass is 16.3. The standard InChI is InChI=1S/C18H20N4O/c23-18-13-21(11-15(18)10-14-4-7-19-8-5-14)12-17-3-1-2-16-6-9-20-22(16)17/h1-9,15,18,23H,10-13H2/t15-,18-/m1/s1. The molecule has 5 nitrogen and oxygen atoms in total. The third-order valence-corrected chi connectivity index (χ3v) is 4.61. The number of β-amino-alcohol motifs (C(OH)–C–C–N with tert-alkyl or cyclic N) is 1. The third-order valence-electron chi connectivity index (χ3n) is 4.61. The number of aliphatic hydroxyl groups excluding tert-OH is 1. The lowest BCUT2D eigenvalue weighted by atomic mass is 9.97. The van der Waals surface area contributed by atoms with E-state index in [4.69, 9.17) is 0 Å². The van der Waals surface area contributed by atoms with E-state index < -0.39 is 0 Å². The predicted molar refractivity (Wildman–Crippen MR) is 87.9 cm³/mol. The lowest BCUT2D eigenvalue weighted by Crippen LogP contribution is -2.22. The van der Waals surface area contributed by atoms with Crippen molar-refractivity contribution in [2.24, 2.45) is 5.92 Å². The molecule has 0 spiro atoms. The molecule has 5 heteroatoms. The van der Waals surface area contributed by atoms with Crippen molar-refractivity contribution in [2.45, 2.75) is 19.1 Å². The van der Waals surface area contributed by atoms with Gasteiger partial charge >= 0.3 is 0 Å². The molecule has 0 radical (unpaired) electrons. The van der Waals surface area contributed by atoms with Gasteiger partial charge in [0.15, 0.2) is 0 Å². The Bertz CT molecular complexity index is 786. The van der Waals surface area contributed by atoms with E-state index in [1.807, 2.05) is 41.3 Å². The average Bonchev–Trinajstić information content (AvgIpc) is 3.16. The van der Waals surface area contributed by atoms with Gasteiger partial charge in [0, 0.05) is 44.1 Å². The van der Waals surface area contributed by atoms with Crippen LogP contribution in [-0.4, -0.2) is 43.8 Å². The molecule has 0 unspecified atom stereocenters. The summed E-state index contributed by atoms with van der Waals surface area (Å²) in [4.78, 5) is 6.36. The first-order valence-corrected chi connectivity index (χ1v) is 8.00. The Kier molecular flexibility index (Phi) is 3.81. The summed E-state index contributed by atoms with van der Waals surface area (Å²) in [6.07, 6.45) is 6.07. The molecule has 1 aliphatic heterocycles. The van der Waals surface area contributed by atoms with E-state index in [0.29, 0.717) is 6.54 Å². The van der Waals surface area contributed by atoms with Crippen LogP contribution in [0.25, 0.3) is 5.52 Å². The Hall–Kier alpha value is -2.24. The van der Waals surface area contributed by atoms with Crippen molar-refractivity contribution in [2.75, 3.05) is 13.1 Å². The summed E-state index contributed by atoms with van der Waals surface area (Å²) < 4.78 is 1.97. The van der Waals surface area contributed by atoms with Crippen molar-refractivity contribution in [3.05, 3.63) is 66.2 Å². The number of hydrogen-bond donors (Lipinski definition) is 1. The van der Waals surface area contributed by atoms with Crippen LogP contribution in [0.15, 0.2) is 55.0 Å². The minimum Gasteiger partial charge on any atom is -0.391 e. The normalized spacial score (nSPS) is 22.0. The third kappa shape index (κ3) is 2.98. The van der Waals surface area contributed by atoms with E-state index in [1.165, 1.54) is 5.56 Å². The number of nitrogens with zero attached hydrogens (tertiary/aromatic N) is 4. The molecule has 0 aliphatic carbocycles. The summed E-state index contributed by atoms with van der Waals surface area (Å²) in [6.45, 7) is 2.43. The number of likely N-dealkylation sites (tertiary alicyclic amines) is 1. The quantitative estimate of drug-likeness (QED) is 0.798. The second-order valence-corrected chi connectivity index (χ2v) is 6.27. The zero-order chi connectivity index (χ0) is 15.6. The smallest absolute Gasteiger partial charge is 0.0710 e. The van der Waals surface area contributed by atoms with Gasteiger partial charge in [0.25, 0.3) is 0 Å². The fourth-order valence-electron chi connectivity index (χ4n) is 3.45. The number of pyridine rings is 2. The lowest BCUT2D eigenvalue weighted by molar-refractivity contribution is 0.141. The Morgan fingerprint density at radius 2 is 1.91 bits per heavy atom. The molecule has 1 fully saturated rings. The summed E-state index contributed by atoms with van der Waals surface area (Å²) in [7, 11) is 0. The van der Waals surface area contributed by atoms with E-state index >= 15 is 0 Å². The summed E-state index contributed by atoms with van der Waals surface area (Å²) in [5, 5.41) is 14.8. The molecule has 23 heavy (non-hydrogen) atoms. The van der Waals surface area contributed by atoms with Crippen LogP contribution < -0.4 is 0 Å².